The molecule has 5 nitrogen and oxygen atoms in total. The summed E-state index contributed by atoms with van der Waals surface area (Å²) < 4.78 is 6.87. The van der Waals surface area contributed by atoms with Crippen LogP contribution in [0.4, 0.5) is 0 Å². The average molecular weight is 764 g/mol. The van der Waals surface area contributed by atoms with Crippen molar-refractivity contribution in [3.63, 3.8) is 0 Å². The quantitative estimate of drug-likeness (QED) is 0.175. The average Bonchev–Trinajstić information content (AvgIpc) is 3.99. The lowest BCUT2D eigenvalue weighted by Crippen LogP contribution is -2.00. The molecule has 57 heavy (non-hydrogen) atoms. The molecule has 0 spiro atoms. The maximum Gasteiger partial charge on any atom is 0.165 e. The smallest absolute Gasteiger partial charge is 0.165 e. The Morgan fingerprint density at radius 3 is 1.63 bits per heavy atom. The van der Waals surface area contributed by atoms with Gasteiger partial charge in [0.25, 0.3) is 0 Å². The maximum absolute atomic E-state index is 5.32. The number of nitrogens with zero attached hydrogens (tertiary/aromatic N) is 5. The first kappa shape index (κ1) is 32.2. The number of aromatic nitrogens is 5. The highest BCUT2D eigenvalue weighted by Gasteiger charge is 2.21. The molecule has 0 fully saturated rings. The Balaban J connectivity index is 1.10. The van der Waals surface area contributed by atoms with E-state index in [1.807, 2.05) is 6.07 Å². The summed E-state index contributed by atoms with van der Waals surface area (Å²) in [5.41, 5.74) is 6.86. The summed E-state index contributed by atoms with van der Waals surface area (Å²) in [6, 6.07) is 61.9. The minimum absolute atomic E-state index is 0.615. The molecule has 0 saturated heterocycles. The number of para-hydroxylation sites is 1. The molecule has 0 N–H and O–H groups in total. The SMILES string of the molecule is c1ccc(-n2nc(-c3cccc(-c4nc(-c5cccc6c5sc5ccccc56)nc(-c5cccc6c5sc5ccccc56)n4)c3)c3c4ccccc4ccc32)cc1. The third-order valence-electron chi connectivity index (χ3n) is 10.9. The first-order valence-corrected chi connectivity index (χ1v) is 20.5. The van der Waals surface area contributed by atoms with E-state index in [2.05, 4.69) is 175 Å². The molecule has 0 unspecified atom stereocenters. The van der Waals surface area contributed by atoms with Gasteiger partial charge in [0, 0.05) is 68.0 Å². The van der Waals surface area contributed by atoms with Crippen molar-refractivity contribution in [1.82, 2.24) is 24.7 Å². The summed E-state index contributed by atoms with van der Waals surface area (Å²) in [4.78, 5) is 15.9. The zero-order chi connectivity index (χ0) is 37.5. The van der Waals surface area contributed by atoms with Gasteiger partial charge in [0.15, 0.2) is 17.5 Å². The van der Waals surface area contributed by atoms with Gasteiger partial charge in [0.1, 0.15) is 5.69 Å². The molecule has 12 aromatic rings. The van der Waals surface area contributed by atoms with Crippen LogP contribution in [0.25, 0.3) is 113 Å². The lowest BCUT2D eigenvalue weighted by molar-refractivity contribution is 0.915. The van der Waals surface area contributed by atoms with E-state index in [1.54, 1.807) is 22.7 Å². The molecule has 7 heteroatoms. The lowest BCUT2D eigenvalue weighted by atomic mass is 10.00. The van der Waals surface area contributed by atoms with Gasteiger partial charge in [0.2, 0.25) is 0 Å². The summed E-state index contributed by atoms with van der Waals surface area (Å²) in [5, 5.41) is 13.7. The fourth-order valence-electron chi connectivity index (χ4n) is 8.26. The Morgan fingerprint density at radius 1 is 0.404 bits per heavy atom. The molecular formula is C50H29N5S2. The Morgan fingerprint density at radius 2 is 0.947 bits per heavy atom. The Kier molecular flexibility index (Phi) is 7.20. The predicted octanol–water partition coefficient (Wildman–Crippen LogP) is 13.8. The summed E-state index contributed by atoms with van der Waals surface area (Å²) in [5.74, 6) is 1.92. The number of hydrogen-bond donors (Lipinski definition) is 0. The minimum atomic E-state index is 0.615. The van der Waals surface area contributed by atoms with Crippen LogP contribution < -0.4 is 0 Å². The van der Waals surface area contributed by atoms with E-state index < -0.39 is 0 Å². The minimum Gasteiger partial charge on any atom is -0.232 e. The largest absolute Gasteiger partial charge is 0.232 e. The lowest BCUT2D eigenvalue weighted by Gasteiger charge is -2.10. The van der Waals surface area contributed by atoms with E-state index in [-0.39, 0.29) is 0 Å². The molecule has 8 aromatic carbocycles. The van der Waals surface area contributed by atoms with Crippen LogP contribution in [0, 0.1) is 0 Å². The first-order chi connectivity index (χ1) is 28.2. The van der Waals surface area contributed by atoms with Crippen LogP contribution in [0.5, 0.6) is 0 Å². The predicted molar refractivity (Wildman–Crippen MR) is 239 cm³/mol. The number of hydrogen-bond acceptors (Lipinski definition) is 6. The zero-order valence-electron chi connectivity index (χ0n) is 30.3. The summed E-state index contributed by atoms with van der Waals surface area (Å²) in [7, 11) is 0. The molecule has 0 aliphatic rings. The van der Waals surface area contributed by atoms with Crippen LogP contribution in [0.2, 0.25) is 0 Å². The standard InChI is InChI=1S/C50H29N5S2/c1-2-16-33(17-3-1)55-41-28-27-30-13-4-5-18-34(30)44(41)45(54-55)31-14-10-15-32(29-31)48-51-49(39-23-11-21-37-35-19-6-8-25-42(35)56-46(37)39)53-50(52-48)40-24-12-22-38-36-20-7-9-26-43(36)57-47(38)40/h1-29H. The van der Waals surface area contributed by atoms with Crippen molar-refractivity contribution in [2.45, 2.75) is 0 Å². The van der Waals surface area contributed by atoms with Crippen LogP contribution in [0.3, 0.4) is 0 Å². The summed E-state index contributed by atoms with van der Waals surface area (Å²) >= 11 is 3.57. The van der Waals surface area contributed by atoms with Gasteiger partial charge in [-0.05, 0) is 59.3 Å². The molecule has 0 aliphatic heterocycles. The van der Waals surface area contributed by atoms with Crippen LogP contribution in [-0.4, -0.2) is 24.7 Å². The van der Waals surface area contributed by atoms with Gasteiger partial charge in [-0.3, -0.25) is 0 Å². The van der Waals surface area contributed by atoms with Gasteiger partial charge in [-0.1, -0.05) is 127 Å². The number of fused-ring (bicyclic) bond motifs is 9. The van der Waals surface area contributed by atoms with Crippen molar-refractivity contribution in [1.29, 1.82) is 0 Å². The van der Waals surface area contributed by atoms with E-state index >= 15 is 0 Å². The second-order valence-corrected chi connectivity index (χ2v) is 16.3. The highest BCUT2D eigenvalue weighted by atomic mass is 32.1. The Hall–Kier alpha value is -7.06. The van der Waals surface area contributed by atoms with Crippen molar-refractivity contribution in [2.24, 2.45) is 0 Å². The van der Waals surface area contributed by atoms with Crippen molar-refractivity contribution < 1.29 is 0 Å². The Labute approximate surface area is 334 Å². The highest BCUT2D eigenvalue weighted by molar-refractivity contribution is 7.26. The highest BCUT2D eigenvalue weighted by Crippen LogP contribution is 2.43. The molecule has 0 aliphatic carbocycles. The molecule has 0 atom stereocenters. The van der Waals surface area contributed by atoms with Gasteiger partial charge in [-0.2, -0.15) is 5.10 Å². The molecule has 266 valence electrons. The van der Waals surface area contributed by atoms with Gasteiger partial charge < -0.3 is 0 Å². The van der Waals surface area contributed by atoms with Crippen molar-refractivity contribution >= 4 is 84.7 Å². The van der Waals surface area contributed by atoms with Crippen molar-refractivity contribution in [3.8, 4) is 51.1 Å². The van der Waals surface area contributed by atoms with E-state index in [0.29, 0.717) is 17.5 Å². The number of thiophene rings is 2. The first-order valence-electron chi connectivity index (χ1n) is 18.9. The van der Waals surface area contributed by atoms with E-state index in [0.717, 1.165) is 49.9 Å². The second-order valence-electron chi connectivity index (χ2n) is 14.2. The molecule has 4 aromatic heterocycles. The molecule has 12 rings (SSSR count). The van der Waals surface area contributed by atoms with Gasteiger partial charge in [-0.25, -0.2) is 19.6 Å². The molecular weight excluding hydrogens is 735 g/mol. The van der Waals surface area contributed by atoms with Crippen molar-refractivity contribution in [3.05, 3.63) is 176 Å². The molecule has 0 bridgehead atoms. The molecule has 0 radical (unpaired) electrons. The van der Waals surface area contributed by atoms with Crippen LogP contribution in [0.15, 0.2) is 176 Å². The third-order valence-corrected chi connectivity index (χ3v) is 13.3. The molecule has 4 heterocycles. The topological polar surface area (TPSA) is 56.5 Å². The number of rotatable bonds is 5. The Bertz CT molecular complexity index is 3410. The fourth-order valence-corrected chi connectivity index (χ4v) is 10.7. The monoisotopic (exact) mass is 763 g/mol. The summed E-state index contributed by atoms with van der Waals surface area (Å²) in [6.07, 6.45) is 0. The van der Waals surface area contributed by atoms with Gasteiger partial charge in [0.05, 0.1) is 11.2 Å². The third kappa shape index (κ3) is 5.13. The van der Waals surface area contributed by atoms with E-state index in [9.17, 15) is 0 Å². The van der Waals surface area contributed by atoms with Crippen molar-refractivity contribution in [2.75, 3.05) is 0 Å². The fraction of sp³-hybridized carbons (Fsp3) is 0. The van der Waals surface area contributed by atoms with E-state index in [4.69, 9.17) is 20.1 Å². The van der Waals surface area contributed by atoms with Gasteiger partial charge in [-0.15, -0.1) is 22.7 Å². The molecule has 0 amide bonds. The zero-order valence-corrected chi connectivity index (χ0v) is 31.9. The molecule has 0 saturated carbocycles. The van der Waals surface area contributed by atoms with Crippen LogP contribution >= 0.6 is 22.7 Å². The number of benzene rings is 8. The van der Waals surface area contributed by atoms with E-state index in [1.165, 1.54) is 45.7 Å². The second kappa shape index (κ2) is 12.7. The maximum atomic E-state index is 5.32. The summed E-state index contributed by atoms with van der Waals surface area (Å²) in [6.45, 7) is 0. The van der Waals surface area contributed by atoms with Crippen LogP contribution in [0.1, 0.15) is 0 Å². The van der Waals surface area contributed by atoms with Gasteiger partial charge >= 0.3 is 0 Å². The normalized spacial score (nSPS) is 11.9. The van der Waals surface area contributed by atoms with Crippen LogP contribution in [-0.2, 0) is 0 Å².